The lowest BCUT2D eigenvalue weighted by molar-refractivity contribution is -0.128. The van der Waals surface area contributed by atoms with Gasteiger partial charge < -0.3 is 9.80 Å². The Kier molecular flexibility index (Phi) is 6.68. The van der Waals surface area contributed by atoms with Gasteiger partial charge in [0.1, 0.15) is 0 Å². The van der Waals surface area contributed by atoms with Crippen LogP contribution in [0.1, 0.15) is 48.0 Å². The second-order valence-corrected chi connectivity index (χ2v) is 9.22. The molecule has 1 aliphatic heterocycles. The Balaban J connectivity index is 1.47. The fraction of sp³-hybridized carbons (Fsp3) is 0.440. The molecule has 0 radical (unpaired) electrons. The monoisotopic (exact) mass is 422 g/mol. The molecule has 2 aliphatic rings. The quantitative estimate of drug-likeness (QED) is 0.672. The van der Waals surface area contributed by atoms with Crippen LogP contribution < -0.4 is 0 Å². The van der Waals surface area contributed by atoms with Crippen molar-refractivity contribution in [2.75, 3.05) is 20.1 Å². The molecule has 1 atom stereocenters. The highest BCUT2D eigenvalue weighted by molar-refractivity contribution is 7.08. The molecule has 2 amide bonds. The number of piperidine rings is 1. The van der Waals surface area contributed by atoms with E-state index in [4.69, 9.17) is 0 Å². The number of rotatable bonds is 6. The molecule has 1 aromatic heterocycles. The van der Waals surface area contributed by atoms with Gasteiger partial charge in [0, 0.05) is 37.1 Å². The van der Waals surface area contributed by atoms with Crippen molar-refractivity contribution in [2.24, 2.45) is 5.92 Å². The number of benzene rings is 1. The standard InChI is InChI=1S/C25H30N2O2S/c1-26(24(28)22-13-16-30-18-22)23(17-19-7-3-2-4-8-19)20-11-14-27(15-12-20)25(29)21-9-5-6-10-21/h2-4,7-9,13,16,18,20,23H,5-6,10-12,14-15,17H2,1H3/t23-/m0/s1. The van der Waals surface area contributed by atoms with Gasteiger partial charge in [0.15, 0.2) is 0 Å². The van der Waals surface area contributed by atoms with E-state index in [0.717, 1.165) is 62.8 Å². The van der Waals surface area contributed by atoms with E-state index in [0.29, 0.717) is 5.92 Å². The zero-order chi connectivity index (χ0) is 20.9. The Morgan fingerprint density at radius 2 is 1.93 bits per heavy atom. The normalized spacial score (nSPS) is 18.2. The van der Waals surface area contributed by atoms with Crippen LogP contribution >= 0.6 is 11.3 Å². The Morgan fingerprint density at radius 1 is 1.17 bits per heavy atom. The van der Waals surface area contributed by atoms with Crippen LogP contribution in [0.25, 0.3) is 0 Å². The van der Waals surface area contributed by atoms with E-state index < -0.39 is 0 Å². The van der Waals surface area contributed by atoms with E-state index in [9.17, 15) is 9.59 Å². The van der Waals surface area contributed by atoms with E-state index in [2.05, 4.69) is 30.3 Å². The lowest BCUT2D eigenvalue weighted by Gasteiger charge is -2.40. The minimum Gasteiger partial charge on any atom is -0.339 e. The third-order valence-electron chi connectivity index (χ3n) is 6.56. The van der Waals surface area contributed by atoms with Crippen LogP contribution in [0.4, 0.5) is 0 Å². The highest BCUT2D eigenvalue weighted by atomic mass is 32.1. The van der Waals surface area contributed by atoms with Crippen molar-refractivity contribution >= 4 is 23.2 Å². The Labute approximate surface area is 183 Å². The van der Waals surface area contributed by atoms with Crippen LogP contribution in [0.3, 0.4) is 0 Å². The topological polar surface area (TPSA) is 40.6 Å². The number of likely N-dealkylation sites (tertiary alicyclic amines) is 1. The minimum absolute atomic E-state index is 0.0896. The van der Waals surface area contributed by atoms with Crippen LogP contribution in [0.5, 0.6) is 0 Å². The second-order valence-electron chi connectivity index (χ2n) is 8.44. The average molecular weight is 423 g/mol. The Bertz CT molecular complexity index is 883. The minimum atomic E-state index is 0.0896. The highest BCUT2D eigenvalue weighted by Gasteiger charge is 2.33. The van der Waals surface area contributed by atoms with E-state index in [1.807, 2.05) is 39.7 Å². The number of amides is 2. The predicted octanol–water partition coefficient (Wildman–Crippen LogP) is 4.78. The number of hydrogen-bond acceptors (Lipinski definition) is 3. The summed E-state index contributed by atoms with van der Waals surface area (Å²) in [5, 5.41) is 3.88. The van der Waals surface area contributed by atoms with Crippen molar-refractivity contribution in [1.82, 2.24) is 9.80 Å². The predicted molar refractivity (Wildman–Crippen MR) is 122 cm³/mol. The molecule has 1 aromatic carbocycles. The van der Waals surface area contributed by atoms with E-state index in [-0.39, 0.29) is 17.9 Å². The number of nitrogens with zero attached hydrogens (tertiary/aromatic N) is 2. The third kappa shape index (κ3) is 4.67. The number of hydrogen-bond donors (Lipinski definition) is 0. The van der Waals surface area contributed by atoms with Crippen molar-refractivity contribution in [2.45, 2.75) is 44.6 Å². The first-order valence-corrected chi connectivity index (χ1v) is 11.9. The summed E-state index contributed by atoms with van der Waals surface area (Å²) in [5.41, 5.74) is 3.02. The molecular formula is C25H30N2O2S. The zero-order valence-corrected chi connectivity index (χ0v) is 18.4. The summed E-state index contributed by atoms with van der Waals surface area (Å²) in [6, 6.07) is 12.5. The molecule has 1 fully saturated rings. The van der Waals surface area contributed by atoms with Gasteiger partial charge in [-0.1, -0.05) is 36.4 Å². The van der Waals surface area contributed by atoms with Gasteiger partial charge >= 0.3 is 0 Å². The van der Waals surface area contributed by atoms with Crippen molar-refractivity contribution in [1.29, 1.82) is 0 Å². The van der Waals surface area contributed by atoms with E-state index >= 15 is 0 Å². The summed E-state index contributed by atoms with van der Waals surface area (Å²) in [6.45, 7) is 1.57. The van der Waals surface area contributed by atoms with Crippen molar-refractivity contribution in [3.63, 3.8) is 0 Å². The molecule has 0 unspecified atom stereocenters. The molecule has 0 saturated carbocycles. The van der Waals surface area contributed by atoms with Crippen LogP contribution in [0, 0.1) is 5.92 Å². The largest absolute Gasteiger partial charge is 0.339 e. The van der Waals surface area contributed by atoms with E-state index in [1.165, 1.54) is 5.56 Å². The summed E-state index contributed by atoms with van der Waals surface area (Å²) < 4.78 is 0. The van der Waals surface area contributed by atoms with Gasteiger partial charge in [-0.25, -0.2) is 0 Å². The molecule has 0 bridgehead atoms. The maximum atomic E-state index is 13.1. The van der Waals surface area contributed by atoms with Gasteiger partial charge in [-0.05, 0) is 61.5 Å². The molecule has 1 saturated heterocycles. The molecule has 0 N–H and O–H groups in total. The molecule has 30 heavy (non-hydrogen) atoms. The summed E-state index contributed by atoms with van der Waals surface area (Å²) in [4.78, 5) is 29.8. The molecule has 2 heterocycles. The molecule has 2 aromatic rings. The first kappa shape index (κ1) is 20.9. The van der Waals surface area contributed by atoms with Gasteiger partial charge in [-0.3, -0.25) is 9.59 Å². The number of carbonyl (C=O) groups is 2. The van der Waals surface area contributed by atoms with Crippen LogP contribution in [0.2, 0.25) is 0 Å². The fourth-order valence-corrected chi connectivity index (χ4v) is 5.40. The zero-order valence-electron chi connectivity index (χ0n) is 17.6. The number of thiophene rings is 1. The van der Waals surface area contributed by atoms with Crippen LogP contribution in [-0.4, -0.2) is 47.8 Å². The molecule has 158 valence electrons. The molecule has 4 nitrogen and oxygen atoms in total. The van der Waals surface area contributed by atoms with E-state index in [1.54, 1.807) is 11.3 Å². The Morgan fingerprint density at radius 3 is 2.57 bits per heavy atom. The SMILES string of the molecule is CN(C(=O)c1ccsc1)[C@@H](Cc1ccccc1)C1CCN(C(=O)C2=CCCC2)CC1. The maximum Gasteiger partial charge on any atom is 0.254 e. The fourth-order valence-electron chi connectivity index (χ4n) is 4.77. The molecule has 4 rings (SSSR count). The van der Waals surface area contributed by atoms with Gasteiger partial charge in [0.25, 0.3) is 5.91 Å². The number of allylic oxidation sites excluding steroid dienone is 1. The first-order valence-electron chi connectivity index (χ1n) is 10.9. The highest BCUT2D eigenvalue weighted by Crippen LogP contribution is 2.29. The second kappa shape index (κ2) is 9.61. The summed E-state index contributed by atoms with van der Waals surface area (Å²) in [6.07, 6.45) is 7.90. The molecular weight excluding hydrogens is 392 g/mol. The first-order chi connectivity index (χ1) is 14.6. The summed E-state index contributed by atoms with van der Waals surface area (Å²) in [7, 11) is 1.94. The number of likely N-dealkylation sites (N-methyl/N-ethyl adjacent to an activating group) is 1. The molecule has 1 aliphatic carbocycles. The van der Waals surface area contributed by atoms with Crippen molar-refractivity contribution in [3.8, 4) is 0 Å². The van der Waals surface area contributed by atoms with Gasteiger partial charge in [0.2, 0.25) is 5.91 Å². The number of carbonyl (C=O) groups excluding carboxylic acids is 2. The summed E-state index contributed by atoms with van der Waals surface area (Å²) >= 11 is 1.56. The van der Waals surface area contributed by atoms with Crippen molar-refractivity contribution < 1.29 is 9.59 Å². The van der Waals surface area contributed by atoms with Crippen molar-refractivity contribution in [3.05, 3.63) is 69.9 Å². The average Bonchev–Trinajstić information content (AvgIpc) is 3.51. The molecule has 5 heteroatoms. The lowest BCUT2D eigenvalue weighted by Crippen LogP contribution is -2.48. The van der Waals surface area contributed by atoms with Gasteiger partial charge in [0.05, 0.1) is 5.56 Å². The molecule has 0 spiro atoms. The maximum absolute atomic E-state index is 13.1. The summed E-state index contributed by atoms with van der Waals surface area (Å²) in [5.74, 6) is 0.708. The van der Waals surface area contributed by atoms with Gasteiger partial charge in [-0.2, -0.15) is 11.3 Å². The third-order valence-corrected chi connectivity index (χ3v) is 7.24. The van der Waals surface area contributed by atoms with Crippen LogP contribution in [-0.2, 0) is 11.2 Å². The van der Waals surface area contributed by atoms with Crippen LogP contribution in [0.15, 0.2) is 58.8 Å². The Hall–Kier alpha value is -2.40. The smallest absolute Gasteiger partial charge is 0.254 e. The lowest BCUT2D eigenvalue weighted by atomic mass is 9.84. The van der Waals surface area contributed by atoms with Gasteiger partial charge in [-0.15, -0.1) is 0 Å².